The normalized spacial score (nSPS) is 8.75. The van der Waals surface area contributed by atoms with E-state index in [2.05, 4.69) is 3.94 Å². The summed E-state index contributed by atoms with van der Waals surface area (Å²) in [5.74, 6) is 0. The molecule has 0 aromatic rings. The number of hydrogen-bond donors (Lipinski definition) is 2. The van der Waals surface area contributed by atoms with Gasteiger partial charge in [0, 0.05) is 17.1 Å². The monoisotopic (exact) mass is 214 g/mol. The third kappa shape index (κ3) is 16.1. The summed E-state index contributed by atoms with van der Waals surface area (Å²) in [6, 6.07) is 0. The van der Waals surface area contributed by atoms with E-state index >= 15 is 0 Å². The second kappa shape index (κ2) is 5.63. The average molecular weight is 215 g/mol. The number of rotatable bonds is 1. The molecule has 1 radical (unpaired) electrons. The molecular weight excluding hydrogens is 210 g/mol. The molecule has 0 saturated heterocycles. The van der Waals surface area contributed by atoms with Gasteiger partial charge in [-0.3, -0.25) is 0 Å². The van der Waals surface area contributed by atoms with Crippen molar-refractivity contribution in [2.75, 3.05) is 0 Å². The van der Waals surface area contributed by atoms with Crippen LogP contribution in [0.15, 0.2) is 0 Å². The van der Waals surface area contributed by atoms with Crippen LogP contribution in [0.3, 0.4) is 0 Å². The zero-order chi connectivity index (χ0) is 5.21. The van der Waals surface area contributed by atoms with Crippen LogP contribution in [-0.2, 0) is 42.2 Å². The molecule has 0 aromatic heterocycles. The molecule has 5 N–H and O–H groups in total. The van der Waals surface area contributed by atoms with Gasteiger partial charge >= 0.3 is 34.6 Å². The third-order valence-corrected chi connectivity index (χ3v) is 0.376. The molecule has 6 nitrogen and oxygen atoms in total. The van der Waals surface area contributed by atoms with Crippen molar-refractivity contribution >= 4 is 0 Å². The average Bonchev–Trinajstić information content (AvgIpc) is 1.35. The topological polar surface area (TPSA) is 123 Å². The first-order valence-electron chi connectivity index (χ1n) is 0.849. The quantitative estimate of drug-likeness (QED) is 0.325. The van der Waals surface area contributed by atoms with Crippen LogP contribution in [0.4, 0.5) is 0 Å². The molecule has 0 amide bonds. The van der Waals surface area contributed by atoms with Gasteiger partial charge in [-0.05, 0) is 0 Å². The third-order valence-electron chi connectivity index (χ3n) is 0.0913. The molecule has 0 aliphatic heterocycles. The van der Waals surface area contributed by atoms with Crippen molar-refractivity contribution in [2.45, 2.75) is 0 Å². The van der Waals surface area contributed by atoms with E-state index in [0.717, 1.165) is 0 Å². The van der Waals surface area contributed by atoms with Crippen LogP contribution < -0.4 is 10.3 Å². The van der Waals surface area contributed by atoms with Gasteiger partial charge in [0.2, 0.25) is 0 Å². The first-order valence-corrected chi connectivity index (χ1v) is 2.93. The maximum atomic E-state index is 9.05. The summed E-state index contributed by atoms with van der Waals surface area (Å²) < 4.78 is 29.6. The van der Waals surface area contributed by atoms with Crippen LogP contribution in [0.2, 0.25) is 0 Å². The molecule has 0 heterocycles. The zero-order valence-electron chi connectivity index (χ0n) is 3.79. The van der Waals surface area contributed by atoms with E-state index in [4.69, 9.17) is 17.0 Å². The van der Waals surface area contributed by atoms with Gasteiger partial charge in [0.1, 0.15) is 0 Å². The van der Waals surface area contributed by atoms with Gasteiger partial charge in [-0.15, -0.1) is 0 Å². The van der Waals surface area contributed by atoms with E-state index in [0.29, 0.717) is 0 Å². The molecule has 0 aliphatic rings. The molecule has 8 heavy (non-hydrogen) atoms. The summed E-state index contributed by atoms with van der Waals surface area (Å²) >= 11 is -5.47. The summed E-state index contributed by atoms with van der Waals surface area (Å²) in [5.41, 5.74) is 0. The summed E-state index contributed by atoms with van der Waals surface area (Å²) in [7, 11) is 0. The van der Waals surface area contributed by atoms with Crippen LogP contribution in [-0.4, -0.2) is 5.26 Å². The fraction of sp³-hybridized carbons (Fsp3) is 0. The second-order valence-electron chi connectivity index (χ2n) is 0.483. The van der Waals surface area contributed by atoms with Gasteiger partial charge in [-0.2, -0.15) is 0 Å². The van der Waals surface area contributed by atoms with Gasteiger partial charge in [0.25, 0.3) is 0 Å². The predicted octanol–water partition coefficient (Wildman–Crippen LogP) is -1.12. The molecule has 8 heteroatoms. The first kappa shape index (κ1) is 15.8. The fourth-order valence-electron chi connectivity index (χ4n) is 0. The van der Waals surface area contributed by atoms with Crippen LogP contribution in [0.1, 0.15) is 0 Å². The Hall–Kier alpha value is 0.492. The van der Waals surface area contributed by atoms with Crippen molar-refractivity contribution < 1.29 is 51.6 Å². The van der Waals surface area contributed by atoms with Gasteiger partial charge in [0.05, 0.1) is 0 Å². The Morgan fingerprint density at radius 1 is 1.50 bits per heavy atom. The van der Waals surface area contributed by atoms with E-state index in [-0.39, 0.29) is 23.2 Å². The molecular formula is H5CrCuNO5. The first-order chi connectivity index (χ1) is 2.56. The molecule has 0 aliphatic carbocycles. The van der Waals surface area contributed by atoms with E-state index in [1.54, 1.807) is 0 Å². The predicted molar refractivity (Wildman–Crippen MR) is 11.1 cm³/mol. The zero-order valence-corrected chi connectivity index (χ0v) is 6.01. The van der Waals surface area contributed by atoms with Crippen molar-refractivity contribution in [2.24, 2.45) is 0 Å². The summed E-state index contributed by atoms with van der Waals surface area (Å²) in [6.07, 6.45) is 0. The van der Waals surface area contributed by atoms with Crippen molar-refractivity contribution in [1.29, 1.82) is 0 Å². The molecule has 0 aromatic carbocycles. The Labute approximate surface area is 58.2 Å². The molecule has 0 rings (SSSR count). The minimum absolute atomic E-state index is 0. The summed E-state index contributed by atoms with van der Waals surface area (Å²) in [6.45, 7) is 0. The number of hydrogen-bond acceptors (Lipinski definition) is 5. The number of quaternary nitrogens is 1. The Morgan fingerprint density at radius 3 is 1.62 bits per heavy atom. The van der Waals surface area contributed by atoms with Crippen molar-refractivity contribution in [3.63, 3.8) is 0 Å². The summed E-state index contributed by atoms with van der Waals surface area (Å²) in [5, 5.41) is 7.03. The fourth-order valence-corrected chi connectivity index (χ4v) is 0. The Kier molecular flexibility index (Phi) is 11.1. The maximum absolute atomic E-state index is 9.05. The van der Waals surface area contributed by atoms with Gasteiger partial charge < -0.3 is 6.15 Å². The molecule has 0 fully saturated rings. The SMILES string of the molecule is [Cu].[NH4+].[O]=[Cr](=[O])([O-])[O]O. The molecule has 0 unspecified atom stereocenters. The molecule has 0 atom stereocenters. The van der Waals surface area contributed by atoms with Crippen LogP contribution in [0.25, 0.3) is 0 Å². The van der Waals surface area contributed by atoms with Gasteiger partial charge in [0.15, 0.2) is 0 Å². The van der Waals surface area contributed by atoms with Crippen molar-refractivity contribution in [3.05, 3.63) is 0 Å². The van der Waals surface area contributed by atoms with E-state index in [1.807, 2.05) is 0 Å². The Bertz CT molecular complexity index is 114. The van der Waals surface area contributed by atoms with Crippen LogP contribution in [0, 0.1) is 0 Å². The van der Waals surface area contributed by atoms with Crippen LogP contribution in [0.5, 0.6) is 0 Å². The summed E-state index contributed by atoms with van der Waals surface area (Å²) in [4.78, 5) is 0. The molecule has 0 saturated carbocycles. The second-order valence-corrected chi connectivity index (χ2v) is 1.99. The standard InChI is InChI=1S/Cr.Cu.H3N.H2O2.3O/c;;;1-2;;;/h;;1H3;1-2H;;;/q+1;;;;;;-1. The van der Waals surface area contributed by atoms with E-state index < -0.39 is 13.6 Å². The minimum atomic E-state index is -5.47. The van der Waals surface area contributed by atoms with E-state index in [9.17, 15) is 0 Å². The molecule has 57 valence electrons. The molecule has 0 spiro atoms. The van der Waals surface area contributed by atoms with Gasteiger partial charge in [-0.1, -0.05) is 0 Å². The van der Waals surface area contributed by atoms with Gasteiger partial charge in [-0.25, -0.2) is 0 Å². The van der Waals surface area contributed by atoms with Crippen molar-refractivity contribution in [1.82, 2.24) is 6.15 Å². The van der Waals surface area contributed by atoms with Crippen LogP contribution >= 0.6 is 0 Å². The van der Waals surface area contributed by atoms with E-state index in [1.165, 1.54) is 0 Å². The van der Waals surface area contributed by atoms with Crippen molar-refractivity contribution in [3.8, 4) is 0 Å². The Morgan fingerprint density at radius 2 is 1.62 bits per heavy atom. The molecule has 0 bridgehead atoms. The Balaban J connectivity index is -0.000000125.